The van der Waals surface area contributed by atoms with Crippen molar-refractivity contribution in [3.8, 4) is 0 Å². The van der Waals surface area contributed by atoms with Gasteiger partial charge in [-0.05, 0) is 12.1 Å². The van der Waals surface area contributed by atoms with E-state index in [-0.39, 0.29) is 21.1 Å². The molecule has 0 saturated carbocycles. The Bertz CT molecular complexity index is 294. The number of hydrogen-bond donors (Lipinski definition) is 0. The molecule has 19 heavy (non-hydrogen) atoms. The number of nitrogens with zero attached hydrogens (tertiary/aromatic N) is 1. The van der Waals surface area contributed by atoms with Crippen LogP contribution in [0, 0.1) is 20.0 Å². The summed E-state index contributed by atoms with van der Waals surface area (Å²) in [5, 5.41) is 0. The maximum Gasteiger partial charge on any atom is 0.0267 e. The van der Waals surface area contributed by atoms with Crippen LogP contribution in [0.2, 0.25) is 0 Å². The number of rotatable bonds is 0. The van der Waals surface area contributed by atoms with Gasteiger partial charge in [-0.1, -0.05) is 6.07 Å². The van der Waals surface area contributed by atoms with E-state index in [4.69, 9.17) is 14.0 Å². The van der Waals surface area contributed by atoms with E-state index in [0.29, 0.717) is 0 Å². The predicted molar refractivity (Wildman–Crippen MR) is 63.8 cm³/mol. The first-order valence-corrected chi connectivity index (χ1v) is 4.46. The fourth-order valence-electron chi connectivity index (χ4n) is 0.698. The van der Waals surface area contributed by atoms with Crippen LogP contribution >= 0.6 is 0 Å². The first-order valence-electron chi connectivity index (χ1n) is 4.46. The molecule has 0 atom stereocenters. The van der Waals surface area contributed by atoms with Gasteiger partial charge in [0.2, 0.25) is 0 Å². The van der Waals surface area contributed by atoms with Gasteiger partial charge in [0.25, 0.3) is 0 Å². The molecule has 0 N–H and O–H groups in total. The summed E-state index contributed by atoms with van der Waals surface area (Å²) in [4.78, 5) is 3.78. The number of pyridine rings is 1. The summed E-state index contributed by atoms with van der Waals surface area (Å²) < 4.78 is 22.5. The Morgan fingerprint density at radius 2 is 1.00 bits per heavy atom. The summed E-state index contributed by atoms with van der Waals surface area (Å²) in [5.74, 6) is 4.00. The van der Waals surface area contributed by atoms with Gasteiger partial charge in [-0.2, -0.15) is 0 Å². The van der Waals surface area contributed by atoms with Gasteiger partial charge in [0.15, 0.2) is 0 Å². The summed E-state index contributed by atoms with van der Waals surface area (Å²) in [7, 11) is 0. The third-order valence-corrected chi connectivity index (χ3v) is 1.23. The zero-order valence-corrected chi connectivity index (χ0v) is 11.9. The third kappa shape index (κ3) is 31.5. The van der Waals surface area contributed by atoms with Crippen LogP contribution in [0.4, 0.5) is 0 Å². The summed E-state index contributed by atoms with van der Waals surface area (Å²) in [5.41, 5.74) is 0. The largest absolute Gasteiger partial charge is 0.265 e. The standard InChI is InChI=1S/C5H5B.C5H5N.3CO.Mo/c2*1-2-4-6-5-3-1;3*1-2;/h2*1-5H;;;;. The van der Waals surface area contributed by atoms with Crippen molar-refractivity contribution in [2.75, 3.05) is 0 Å². The van der Waals surface area contributed by atoms with Gasteiger partial charge in [-0.15, -0.1) is 0 Å². The average Bonchev–Trinajstić information content (AvgIpc) is 2.57. The molecule has 2 aromatic heterocycles. The zero-order chi connectivity index (χ0) is 14.5. The van der Waals surface area contributed by atoms with Gasteiger partial charge in [-0.3, -0.25) is 4.98 Å². The number of hydrogen-bond acceptors (Lipinski definition) is 1. The molecule has 0 fully saturated rings. The van der Waals surface area contributed by atoms with Crippen molar-refractivity contribution >= 4 is 6.91 Å². The second-order valence-corrected chi connectivity index (χ2v) is 2.18. The summed E-state index contributed by atoms with van der Waals surface area (Å²) >= 11 is 0. The van der Waals surface area contributed by atoms with E-state index in [2.05, 4.69) is 24.9 Å². The third-order valence-electron chi connectivity index (χ3n) is 1.23. The maximum absolute atomic E-state index is 7.50. The molecule has 0 saturated heterocycles. The Balaban J connectivity index is -0.0000000825. The Kier molecular flexibility index (Phi) is 49.4. The topological polar surface area (TPSA) is 72.6 Å². The van der Waals surface area contributed by atoms with Gasteiger partial charge in [0.1, 0.15) is 0 Å². The molecule has 6 heteroatoms. The van der Waals surface area contributed by atoms with Crippen LogP contribution in [0.3, 0.4) is 0 Å². The van der Waals surface area contributed by atoms with E-state index in [0.717, 1.165) is 0 Å². The molecule has 0 aliphatic rings. The van der Waals surface area contributed by atoms with Crippen molar-refractivity contribution in [1.29, 1.82) is 0 Å². The average molecular weight is 335 g/mol. The first-order chi connectivity index (χ1) is 9.00. The first kappa shape index (κ1) is 26.1. The van der Waals surface area contributed by atoms with Crippen molar-refractivity contribution in [2.45, 2.75) is 0 Å². The molecule has 0 bridgehead atoms. The van der Waals surface area contributed by atoms with E-state index < -0.39 is 0 Å². The van der Waals surface area contributed by atoms with Crippen LogP contribution in [0.15, 0.2) is 60.7 Å². The van der Waals surface area contributed by atoms with Crippen molar-refractivity contribution in [3.63, 3.8) is 0 Å². The van der Waals surface area contributed by atoms with Crippen molar-refractivity contribution < 1.29 is 35.0 Å². The molecule has 2 rings (SSSR count). The molecule has 0 amide bonds. The minimum atomic E-state index is 0. The van der Waals surface area contributed by atoms with E-state index in [9.17, 15) is 0 Å². The van der Waals surface area contributed by atoms with E-state index >= 15 is 0 Å². The Morgan fingerprint density at radius 1 is 0.632 bits per heavy atom. The molecule has 0 aliphatic carbocycles. The molecule has 0 spiro atoms. The van der Waals surface area contributed by atoms with Crippen molar-refractivity contribution in [3.05, 3.63) is 80.7 Å². The van der Waals surface area contributed by atoms with Crippen LogP contribution in [0.5, 0.6) is 0 Å². The molecule has 2 aromatic rings. The summed E-state index contributed by atoms with van der Waals surface area (Å²) in [6.07, 6.45) is 3.50. The second-order valence-electron chi connectivity index (χ2n) is 2.18. The Hall–Kier alpha value is -1.53. The van der Waals surface area contributed by atoms with Crippen LogP contribution < -0.4 is 0 Å². The fraction of sp³-hybridized carbons (Fsp3) is 0. The molecular weight excluding hydrogens is 325 g/mol. The molecule has 94 valence electrons. The predicted octanol–water partition coefficient (Wildman–Crippen LogP) is 1.99. The van der Waals surface area contributed by atoms with Crippen molar-refractivity contribution in [2.24, 2.45) is 0 Å². The minimum absolute atomic E-state index is 0. The van der Waals surface area contributed by atoms with E-state index in [1.54, 1.807) is 12.4 Å². The van der Waals surface area contributed by atoms with Crippen LogP contribution in [0.25, 0.3) is 0 Å². The maximum atomic E-state index is 7.50. The van der Waals surface area contributed by atoms with Gasteiger partial charge < -0.3 is 0 Å². The van der Waals surface area contributed by atoms with E-state index in [1.807, 2.05) is 55.2 Å². The van der Waals surface area contributed by atoms with Gasteiger partial charge in [0.05, 0.1) is 0 Å². The van der Waals surface area contributed by atoms with Crippen LogP contribution in [-0.2, 0) is 35.0 Å². The SMILES string of the molecule is [C-]#[O+].[C-]#[O+].[C-]#[O+].[Mo].b1ccccc1.c1ccncc1. The molecule has 4 nitrogen and oxygen atoms in total. The normalized spacial score (nSPS) is 5.16. The molecular formula is C13H10BMoNO3. The quantitative estimate of drug-likeness (QED) is 0.412. The molecule has 0 aliphatic heterocycles. The van der Waals surface area contributed by atoms with Gasteiger partial charge in [-0.25, -0.2) is 0 Å². The zero-order valence-electron chi connectivity index (χ0n) is 9.93. The van der Waals surface area contributed by atoms with Gasteiger partial charge >= 0.3 is 70.9 Å². The van der Waals surface area contributed by atoms with Crippen LogP contribution in [-0.4, -0.2) is 11.9 Å². The molecule has 0 aromatic carbocycles. The Labute approximate surface area is 127 Å². The monoisotopic (exact) mass is 337 g/mol. The van der Waals surface area contributed by atoms with E-state index in [1.165, 1.54) is 0 Å². The van der Waals surface area contributed by atoms with Gasteiger partial charge in [0, 0.05) is 33.5 Å². The smallest absolute Gasteiger partial charge is 0.0267 e. The Morgan fingerprint density at radius 3 is 1.11 bits per heavy atom. The molecule has 0 unspecified atom stereocenters. The van der Waals surface area contributed by atoms with Crippen molar-refractivity contribution in [1.82, 2.24) is 4.98 Å². The molecule has 0 radical (unpaired) electrons. The van der Waals surface area contributed by atoms with Crippen LogP contribution in [0.1, 0.15) is 0 Å². The summed E-state index contributed by atoms with van der Waals surface area (Å²) in [6.45, 7) is 15.5. The number of aromatic nitrogens is 1. The minimum Gasteiger partial charge on any atom is -0.265 e. The summed E-state index contributed by atoms with van der Waals surface area (Å²) in [6, 6.07) is 11.7. The fourth-order valence-corrected chi connectivity index (χ4v) is 0.698. The second kappa shape index (κ2) is 36.0. The molecule has 2 heterocycles.